The normalized spacial score (nSPS) is 25.5. The Hall–Kier alpha value is -0.850. The third-order valence-electron chi connectivity index (χ3n) is 5.43. The molecule has 2 amide bonds. The van der Waals surface area contributed by atoms with Crippen molar-refractivity contribution in [2.75, 3.05) is 65.6 Å². The number of urea groups is 1. The molecule has 3 aliphatic rings. The van der Waals surface area contributed by atoms with E-state index < -0.39 is 0 Å². The smallest absolute Gasteiger partial charge is 0.317 e. The first-order valence-electron chi connectivity index (χ1n) is 9.39. The van der Waals surface area contributed by atoms with E-state index in [0.717, 1.165) is 78.4 Å². The fourth-order valence-electron chi connectivity index (χ4n) is 3.80. The Kier molecular flexibility index (Phi) is 6.54. The van der Waals surface area contributed by atoms with Crippen LogP contribution in [0.15, 0.2) is 0 Å². The maximum atomic E-state index is 12.4. The molecule has 1 aliphatic carbocycles. The molecule has 0 unspecified atom stereocenters. The minimum Gasteiger partial charge on any atom is -0.379 e. The molecule has 3 fully saturated rings. The Bertz CT molecular complexity index is 360. The van der Waals surface area contributed by atoms with Crippen LogP contribution in [0.3, 0.4) is 0 Å². The molecule has 3 rings (SSSR count). The van der Waals surface area contributed by atoms with Crippen molar-refractivity contribution in [2.45, 2.75) is 38.1 Å². The number of piperazine rings is 1. The van der Waals surface area contributed by atoms with Crippen LogP contribution < -0.4 is 5.32 Å². The van der Waals surface area contributed by atoms with E-state index >= 15 is 0 Å². The van der Waals surface area contributed by atoms with Crippen LogP contribution in [-0.4, -0.2) is 92.3 Å². The minimum atomic E-state index is 0.157. The van der Waals surface area contributed by atoms with Crippen molar-refractivity contribution in [2.24, 2.45) is 0 Å². The van der Waals surface area contributed by atoms with Gasteiger partial charge in [-0.3, -0.25) is 9.80 Å². The molecule has 2 heterocycles. The molecule has 0 spiro atoms. The van der Waals surface area contributed by atoms with E-state index in [1.54, 1.807) is 0 Å². The second-order valence-electron chi connectivity index (χ2n) is 7.07. The molecule has 6 heteroatoms. The molecule has 2 aliphatic heterocycles. The van der Waals surface area contributed by atoms with Crippen molar-refractivity contribution in [3.63, 3.8) is 0 Å². The fraction of sp³-hybridized carbons (Fsp3) is 0.941. The van der Waals surface area contributed by atoms with Gasteiger partial charge < -0.3 is 15.0 Å². The quantitative estimate of drug-likeness (QED) is 0.837. The van der Waals surface area contributed by atoms with Crippen molar-refractivity contribution in [3.8, 4) is 0 Å². The number of carbonyl (C=O) groups is 1. The highest BCUT2D eigenvalue weighted by Crippen LogP contribution is 2.17. The van der Waals surface area contributed by atoms with Crippen molar-refractivity contribution in [1.29, 1.82) is 0 Å². The number of hydrogen-bond acceptors (Lipinski definition) is 4. The van der Waals surface area contributed by atoms with Gasteiger partial charge in [0.05, 0.1) is 13.2 Å². The van der Waals surface area contributed by atoms with E-state index in [0.29, 0.717) is 6.04 Å². The summed E-state index contributed by atoms with van der Waals surface area (Å²) in [6, 6.07) is 0.570. The molecule has 2 saturated heterocycles. The summed E-state index contributed by atoms with van der Waals surface area (Å²) in [6.45, 7) is 9.82. The van der Waals surface area contributed by atoms with Gasteiger partial charge in [-0.15, -0.1) is 0 Å². The predicted molar refractivity (Wildman–Crippen MR) is 90.7 cm³/mol. The van der Waals surface area contributed by atoms with Gasteiger partial charge in [0.25, 0.3) is 0 Å². The van der Waals surface area contributed by atoms with Crippen LogP contribution >= 0.6 is 0 Å². The van der Waals surface area contributed by atoms with E-state index in [-0.39, 0.29) is 6.03 Å². The summed E-state index contributed by atoms with van der Waals surface area (Å²) < 4.78 is 5.39. The SMILES string of the molecule is O=C(NC1CCCCC1)N1CCN(CCN2CCOCC2)CC1. The monoisotopic (exact) mass is 324 g/mol. The molecule has 0 aromatic heterocycles. The molecule has 0 aromatic carbocycles. The molecule has 1 N–H and O–H groups in total. The van der Waals surface area contributed by atoms with Gasteiger partial charge in [-0.1, -0.05) is 19.3 Å². The van der Waals surface area contributed by atoms with Crippen molar-refractivity contribution >= 4 is 6.03 Å². The zero-order valence-corrected chi connectivity index (χ0v) is 14.3. The van der Waals surface area contributed by atoms with Crippen molar-refractivity contribution < 1.29 is 9.53 Å². The number of ether oxygens (including phenoxy) is 1. The molecular weight excluding hydrogens is 292 g/mol. The van der Waals surface area contributed by atoms with Gasteiger partial charge >= 0.3 is 6.03 Å². The lowest BCUT2D eigenvalue weighted by Crippen LogP contribution is -2.54. The van der Waals surface area contributed by atoms with Gasteiger partial charge in [0.2, 0.25) is 0 Å². The van der Waals surface area contributed by atoms with E-state index in [1.165, 1.54) is 19.3 Å². The van der Waals surface area contributed by atoms with Crippen LogP contribution in [0.1, 0.15) is 32.1 Å². The third-order valence-corrected chi connectivity index (χ3v) is 5.43. The second-order valence-corrected chi connectivity index (χ2v) is 7.07. The summed E-state index contributed by atoms with van der Waals surface area (Å²) in [6.07, 6.45) is 6.17. The van der Waals surface area contributed by atoms with Crippen LogP contribution in [0.5, 0.6) is 0 Å². The Morgan fingerprint density at radius 1 is 0.870 bits per heavy atom. The van der Waals surface area contributed by atoms with Crippen LogP contribution in [0.4, 0.5) is 4.79 Å². The molecule has 1 saturated carbocycles. The van der Waals surface area contributed by atoms with Crippen LogP contribution in [0.2, 0.25) is 0 Å². The van der Waals surface area contributed by atoms with Gasteiger partial charge in [0.1, 0.15) is 0 Å². The number of carbonyl (C=O) groups excluding carboxylic acids is 1. The average Bonchev–Trinajstić information content (AvgIpc) is 2.62. The topological polar surface area (TPSA) is 48.1 Å². The zero-order chi connectivity index (χ0) is 15.9. The molecule has 132 valence electrons. The molecule has 0 bridgehead atoms. The van der Waals surface area contributed by atoms with E-state index in [1.807, 2.05) is 4.90 Å². The van der Waals surface area contributed by atoms with Gasteiger partial charge in [0, 0.05) is 58.4 Å². The Morgan fingerprint density at radius 2 is 1.48 bits per heavy atom. The Morgan fingerprint density at radius 3 is 2.13 bits per heavy atom. The van der Waals surface area contributed by atoms with Crippen LogP contribution in [0, 0.1) is 0 Å². The average molecular weight is 324 g/mol. The Labute approximate surface area is 140 Å². The highest BCUT2D eigenvalue weighted by Gasteiger charge is 2.24. The summed E-state index contributed by atoms with van der Waals surface area (Å²) in [7, 11) is 0. The Balaban J connectivity index is 1.32. The zero-order valence-electron chi connectivity index (χ0n) is 14.3. The third kappa shape index (κ3) is 5.33. The summed E-state index contributed by atoms with van der Waals surface area (Å²) in [5.74, 6) is 0. The fourth-order valence-corrected chi connectivity index (χ4v) is 3.80. The highest BCUT2D eigenvalue weighted by atomic mass is 16.5. The molecule has 6 nitrogen and oxygen atoms in total. The van der Waals surface area contributed by atoms with E-state index in [9.17, 15) is 4.79 Å². The predicted octanol–water partition coefficient (Wildman–Crippen LogP) is 0.979. The molecule has 0 atom stereocenters. The molecule has 0 radical (unpaired) electrons. The summed E-state index contributed by atoms with van der Waals surface area (Å²) in [4.78, 5) is 19.3. The van der Waals surface area contributed by atoms with Gasteiger partial charge in [0.15, 0.2) is 0 Å². The van der Waals surface area contributed by atoms with Gasteiger partial charge in [-0.25, -0.2) is 4.79 Å². The standard InChI is InChI=1S/C17H32N4O2/c22-17(18-16-4-2-1-3-5-16)21-10-8-19(9-11-21)6-7-20-12-14-23-15-13-20/h16H,1-15H2,(H,18,22). The number of morpholine rings is 1. The number of rotatable bonds is 4. The second kappa shape index (κ2) is 8.85. The highest BCUT2D eigenvalue weighted by molar-refractivity contribution is 5.74. The summed E-state index contributed by atoms with van der Waals surface area (Å²) in [5.41, 5.74) is 0. The van der Waals surface area contributed by atoms with E-state index in [2.05, 4.69) is 15.1 Å². The molecule has 0 aromatic rings. The maximum absolute atomic E-state index is 12.4. The first-order valence-corrected chi connectivity index (χ1v) is 9.39. The van der Waals surface area contributed by atoms with Crippen LogP contribution in [-0.2, 0) is 4.74 Å². The lowest BCUT2D eigenvalue weighted by molar-refractivity contribution is 0.0309. The largest absolute Gasteiger partial charge is 0.379 e. The maximum Gasteiger partial charge on any atom is 0.317 e. The minimum absolute atomic E-state index is 0.157. The number of nitrogens with zero attached hydrogens (tertiary/aromatic N) is 3. The molecule has 23 heavy (non-hydrogen) atoms. The molecular formula is C17H32N4O2. The number of hydrogen-bond donors (Lipinski definition) is 1. The van der Waals surface area contributed by atoms with Gasteiger partial charge in [-0.05, 0) is 12.8 Å². The van der Waals surface area contributed by atoms with Crippen molar-refractivity contribution in [3.05, 3.63) is 0 Å². The van der Waals surface area contributed by atoms with Crippen LogP contribution in [0.25, 0.3) is 0 Å². The number of nitrogens with one attached hydrogen (secondary N) is 1. The lowest BCUT2D eigenvalue weighted by atomic mass is 9.96. The summed E-state index contributed by atoms with van der Waals surface area (Å²) >= 11 is 0. The first-order chi connectivity index (χ1) is 11.3. The van der Waals surface area contributed by atoms with Gasteiger partial charge in [-0.2, -0.15) is 0 Å². The first kappa shape index (κ1) is 17.0. The van der Waals surface area contributed by atoms with E-state index in [4.69, 9.17) is 4.74 Å². The van der Waals surface area contributed by atoms with Crippen molar-refractivity contribution in [1.82, 2.24) is 20.0 Å². The number of amides is 2. The lowest BCUT2D eigenvalue weighted by Gasteiger charge is -2.37. The summed E-state index contributed by atoms with van der Waals surface area (Å²) in [5, 5.41) is 3.23.